The van der Waals surface area contributed by atoms with Gasteiger partial charge in [0, 0.05) is 4.47 Å². The van der Waals surface area contributed by atoms with Gasteiger partial charge in [-0.2, -0.15) is 5.10 Å². The second kappa shape index (κ2) is 5.22. The zero-order valence-corrected chi connectivity index (χ0v) is 11.3. The zero-order chi connectivity index (χ0) is 13.1. The van der Waals surface area contributed by atoms with Crippen LogP contribution in [0.4, 0.5) is 5.69 Å². The van der Waals surface area contributed by atoms with Crippen molar-refractivity contribution in [3.05, 3.63) is 40.6 Å². The fourth-order valence-electron chi connectivity index (χ4n) is 1.47. The molecule has 0 aliphatic heterocycles. The maximum absolute atomic E-state index is 11.6. The second-order valence-electron chi connectivity index (χ2n) is 3.57. The summed E-state index contributed by atoms with van der Waals surface area (Å²) < 4.78 is 7.39. The van der Waals surface area contributed by atoms with Crippen LogP contribution in [0.2, 0.25) is 0 Å². The lowest BCUT2D eigenvalue weighted by molar-refractivity contribution is 0.0520. The fraction of sp³-hybridized carbons (Fsp3) is 0.167. The van der Waals surface area contributed by atoms with E-state index in [4.69, 9.17) is 10.5 Å². The van der Waals surface area contributed by atoms with Crippen molar-refractivity contribution in [3.63, 3.8) is 0 Å². The Hall–Kier alpha value is -1.82. The molecule has 2 aromatic rings. The van der Waals surface area contributed by atoms with Crippen LogP contribution in [0, 0.1) is 0 Å². The van der Waals surface area contributed by atoms with Crippen molar-refractivity contribution in [2.45, 2.75) is 6.92 Å². The molecular weight excluding hydrogens is 298 g/mol. The van der Waals surface area contributed by atoms with Crippen LogP contribution in [-0.4, -0.2) is 22.4 Å². The lowest BCUT2D eigenvalue weighted by Gasteiger charge is -2.00. The van der Waals surface area contributed by atoms with Gasteiger partial charge >= 0.3 is 5.97 Å². The van der Waals surface area contributed by atoms with Gasteiger partial charge in [0.25, 0.3) is 0 Å². The molecule has 0 saturated carbocycles. The molecule has 0 radical (unpaired) electrons. The third-order valence-electron chi connectivity index (χ3n) is 2.30. The number of hydrogen-bond acceptors (Lipinski definition) is 4. The van der Waals surface area contributed by atoms with Crippen LogP contribution in [0.25, 0.3) is 5.69 Å². The summed E-state index contributed by atoms with van der Waals surface area (Å²) in [5, 5.41) is 4.13. The van der Waals surface area contributed by atoms with Crippen LogP contribution in [0.1, 0.15) is 17.4 Å². The number of carbonyl (C=O) groups excluding carboxylic acids is 1. The second-order valence-corrected chi connectivity index (χ2v) is 4.49. The highest BCUT2D eigenvalue weighted by atomic mass is 79.9. The molecule has 1 heterocycles. The van der Waals surface area contributed by atoms with Crippen molar-refractivity contribution in [3.8, 4) is 5.69 Å². The molecule has 2 rings (SSSR count). The summed E-state index contributed by atoms with van der Waals surface area (Å²) in [4.78, 5) is 11.6. The Kier molecular flexibility index (Phi) is 3.66. The molecule has 1 aromatic heterocycles. The monoisotopic (exact) mass is 309 g/mol. The molecule has 18 heavy (non-hydrogen) atoms. The van der Waals surface area contributed by atoms with Gasteiger partial charge in [0.05, 0.1) is 24.2 Å². The van der Waals surface area contributed by atoms with Gasteiger partial charge in [-0.15, -0.1) is 0 Å². The lowest BCUT2D eigenvalue weighted by atomic mass is 10.3. The van der Waals surface area contributed by atoms with E-state index < -0.39 is 5.97 Å². The molecular formula is C12H12BrN3O2. The molecule has 94 valence electrons. The van der Waals surface area contributed by atoms with Gasteiger partial charge in [-0.1, -0.05) is 15.9 Å². The summed E-state index contributed by atoms with van der Waals surface area (Å²) in [6.07, 6.45) is 1.59. The Morgan fingerprint density at radius 3 is 2.72 bits per heavy atom. The molecule has 6 heteroatoms. The van der Waals surface area contributed by atoms with Crippen molar-refractivity contribution in [1.82, 2.24) is 9.78 Å². The Labute approximate surface area is 113 Å². The number of rotatable bonds is 3. The molecule has 2 N–H and O–H groups in total. The largest absolute Gasteiger partial charge is 0.461 e. The number of carbonyl (C=O) groups is 1. The Bertz CT molecular complexity index is 563. The highest BCUT2D eigenvalue weighted by molar-refractivity contribution is 9.10. The Morgan fingerprint density at radius 2 is 2.11 bits per heavy atom. The van der Waals surface area contributed by atoms with Crippen molar-refractivity contribution in [2.24, 2.45) is 0 Å². The van der Waals surface area contributed by atoms with E-state index >= 15 is 0 Å². The van der Waals surface area contributed by atoms with Crippen LogP contribution >= 0.6 is 15.9 Å². The molecule has 0 saturated heterocycles. The first-order valence-corrected chi connectivity index (χ1v) is 6.19. The van der Waals surface area contributed by atoms with E-state index in [0.717, 1.165) is 10.2 Å². The summed E-state index contributed by atoms with van der Waals surface area (Å²) >= 11 is 3.35. The minimum Gasteiger partial charge on any atom is -0.461 e. The maximum atomic E-state index is 11.6. The molecule has 5 nitrogen and oxygen atoms in total. The van der Waals surface area contributed by atoms with E-state index in [-0.39, 0.29) is 5.69 Å². The minimum atomic E-state index is -0.508. The standard InChI is InChI=1S/C12H12BrN3O2/c1-2-18-12(17)11-10(14)7-16(15-11)9-5-3-8(13)4-6-9/h3-7H,2,14H2,1H3. The van der Waals surface area contributed by atoms with Crippen molar-refractivity contribution >= 4 is 27.6 Å². The summed E-state index contributed by atoms with van der Waals surface area (Å²) in [5.74, 6) is -0.508. The maximum Gasteiger partial charge on any atom is 0.361 e. The van der Waals surface area contributed by atoms with Crippen LogP contribution in [0.15, 0.2) is 34.9 Å². The van der Waals surface area contributed by atoms with Gasteiger partial charge in [0.1, 0.15) is 0 Å². The molecule has 0 aliphatic carbocycles. The number of hydrogen-bond donors (Lipinski definition) is 1. The van der Waals surface area contributed by atoms with E-state index in [1.54, 1.807) is 17.8 Å². The predicted molar refractivity (Wildman–Crippen MR) is 71.6 cm³/mol. The summed E-state index contributed by atoms with van der Waals surface area (Å²) in [7, 11) is 0. The highest BCUT2D eigenvalue weighted by Crippen LogP contribution is 2.17. The van der Waals surface area contributed by atoms with Crippen molar-refractivity contribution in [2.75, 3.05) is 12.3 Å². The van der Waals surface area contributed by atoms with Gasteiger partial charge in [0.15, 0.2) is 5.69 Å². The Morgan fingerprint density at radius 1 is 1.44 bits per heavy atom. The third-order valence-corrected chi connectivity index (χ3v) is 2.83. The molecule has 0 unspecified atom stereocenters. The van der Waals surface area contributed by atoms with Gasteiger partial charge in [0.2, 0.25) is 0 Å². The Balaban J connectivity index is 2.34. The average Bonchev–Trinajstić information content (AvgIpc) is 2.72. The van der Waals surface area contributed by atoms with E-state index in [0.29, 0.717) is 12.3 Å². The minimum absolute atomic E-state index is 0.139. The van der Waals surface area contributed by atoms with Crippen LogP contribution < -0.4 is 5.73 Å². The SMILES string of the molecule is CCOC(=O)c1nn(-c2ccc(Br)cc2)cc1N. The first kappa shape index (κ1) is 12.6. The number of nitrogens with two attached hydrogens (primary N) is 1. The number of ether oxygens (including phenoxy) is 1. The average molecular weight is 310 g/mol. The first-order chi connectivity index (χ1) is 8.61. The van der Waals surface area contributed by atoms with E-state index in [1.807, 2.05) is 24.3 Å². The first-order valence-electron chi connectivity index (χ1n) is 5.40. The number of nitrogen functional groups attached to an aromatic ring is 1. The van der Waals surface area contributed by atoms with Crippen molar-refractivity contribution < 1.29 is 9.53 Å². The van der Waals surface area contributed by atoms with Crippen molar-refractivity contribution in [1.29, 1.82) is 0 Å². The molecule has 0 aliphatic rings. The summed E-state index contributed by atoms with van der Waals surface area (Å²) in [5.41, 5.74) is 7.01. The van der Waals surface area contributed by atoms with Gasteiger partial charge in [-0.25, -0.2) is 9.48 Å². The van der Waals surface area contributed by atoms with E-state index in [1.165, 1.54) is 0 Å². The normalized spacial score (nSPS) is 10.3. The smallest absolute Gasteiger partial charge is 0.361 e. The fourth-order valence-corrected chi connectivity index (χ4v) is 1.74. The summed E-state index contributed by atoms with van der Waals surface area (Å²) in [6.45, 7) is 2.03. The van der Waals surface area contributed by atoms with Crippen LogP contribution in [-0.2, 0) is 4.74 Å². The number of benzene rings is 1. The quantitative estimate of drug-likeness (QED) is 0.884. The van der Waals surface area contributed by atoms with Gasteiger partial charge in [-0.3, -0.25) is 0 Å². The highest BCUT2D eigenvalue weighted by Gasteiger charge is 2.16. The molecule has 0 bridgehead atoms. The van der Waals surface area contributed by atoms with Crippen LogP contribution in [0.3, 0.4) is 0 Å². The molecule has 0 spiro atoms. The van der Waals surface area contributed by atoms with Gasteiger partial charge in [-0.05, 0) is 31.2 Å². The van der Waals surface area contributed by atoms with Gasteiger partial charge < -0.3 is 10.5 Å². The number of aromatic nitrogens is 2. The lowest BCUT2D eigenvalue weighted by Crippen LogP contribution is -2.08. The van der Waals surface area contributed by atoms with Crippen LogP contribution in [0.5, 0.6) is 0 Å². The third kappa shape index (κ3) is 2.53. The topological polar surface area (TPSA) is 70.1 Å². The van der Waals surface area contributed by atoms with E-state index in [2.05, 4.69) is 21.0 Å². The predicted octanol–water partition coefficient (Wildman–Crippen LogP) is 2.39. The molecule has 0 amide bonds. The molecule has 0 fully saturated rings. The number of halogens is 1. The number of anilines is 1. The molecule has 0 atom stereocenters. The number of esters is 1. The molecule has 1 aromatic carbocycles. The summed E-state index contributed by atoms with van der Waals surface area (Å²) in [6, 6.07) is 7.51. The van der Waals surface area contributed by atoms with E-state index in [9.17, 15) is 4.79 Å². The zero-order valence-electron chi connectivity index (χ0n) is 9.76. The number of nitrogens with zero attached hydrogens (tertiary/aromatic N) is 2.